The van der Waals surface area contributed by atoms with Crippen LogP contribution in [0, 0.1) is 0 Å². The second-order valence-corrected chi connectivity index (χ2v) is 7.30. The van der Waals surface area contributed by atoms with E-state index in [1.54, 1.807) is 6.92 Å². The standard InChI is InChI=1S/C25H41NO/c1-7-9-17-24(15-8-2)18-19-25(21(3)4)23(6)26-20-14-12-10-11-13-16-22(5)27/h9,15,17-19,26H,6-8,10-14,16,20H2,1-5H3/b17-9-,19-18-,24-15+. The quantitative estimate of drug-likeness (QED) is 0.243. The Morgan fingerprint density at radius 1 is 0.889 bits per heavy atom. The van der Waals surface area contributed by atoms with Gasteiger partial charge >= 0.3 is 0 Å². The number of Topliss-reactive ketones (excluding diaryl/α,β-unsaturated/α-hetero) is 1. The molecule has 2 nitrogen and oxygen atoms in total. The van der Waals surface area contributed by atoms with Gasteiger partial charge in [0.25, 0.3) is 0 Å². The van der Waals surface area contributed by atoms with Crippen LogP contribution in [0.15, 0.2) is 59.4 Å². The summed E-state index contributed by atoms with van der Waals surface area (Å²) in [5.41, 5.74) is 4.70. The lowest BCUT2D eigenvalue weighted by atomic mass is 10.0. The van der Waals surface area contributed by atoms with Gasteiger partial charge in [-0.3, -0.25) is 0 Å². The van der Waals surface area contributed by atoms with Gasteiger partial charge in [-0.15, -0.1) is 0 Å². The zero-order chi connectivity index (χ0) is 20.5. The molecule has 0 radical (unpaired) electrons. The van der Waals surface area contributed by atoms with Crippen molar-refractivity contribution in [2.24, 2.45) is 0 Å². The number of carbonyl (C=O) groups is 1. The van der Waals surface area contributed by atoms with Gasteiger partial charge in [-0.25, -0.2) is 0 Å². The predicted octanol–water partition coefficient (Wildman–Crippen LogP) is 7.21. The molecule has 0 aliphatic rings. The van der Waals surface area contributed by atoms with Crippen molar-refractivity contribution in [1.82, 2.24) is 5.32 Å². The summed E-state index contributed by atoms with van der Waals surface area (Å²) in [4.78, 5) is 10.9. The van der Waals surface area contributed by atoms with E-state index in [0.29, 0.717) is 5.78 Å². The lowest BCUT2D eigenvalue weighted by molar-refractivity contribution is -0.117. The Balaban J connectivity index is 4.43. The highest BCUT2D eigenvalue weighted by molar-refractivity contribution is 5.75. The summed E-state index contributed by atoms with van der Waals surface area (Å²) < 4.78 is 0. The molecule has 0 aliphatic heterocycles. The number of hydrogen-bond donors (Lipinski definition) is 1. The number of hydrogen-bond acceptors (Lipinski definition) is 2. The van der Waals surface area contributed by atoms with Crippen molar-refractivity contribution in [3.63, 3.8) is 0 Å². The first kappa shape index (κ1) is 25.2. The monoisotopic (exact) mass is 371 g/mol. The molecule has 0 rings (SSSR count). The van der Waals surface area contributed by atoms with E-state index in [-0.39, 0.29) is 0 Å². The maximum Gasteiger partial charge on any atom is 0.129 e. The van der Waals surface area contributed by atoms with E-state index in [2.05, 4.69) is 70.0 Å². The van der Waals surface area contributed by atoms with Gasteiger partial charge in [-0.05, 0) is 57.6 Å². The molecule has 0 saturated heterocycles. The summed E-state index contributed by atoms with van der Waals surface area (Å²) in [5, 5.41) is 3.48. The molecular formula is C25H41NO. The third-order valence-electron chi connectivity index (χ3n) is 4.34. The second kappa shape index (κ2) is 16.4. The maximum absolute atomic E-state index is 10.9. The zero-order valence-electron chi connectivity index (χ0n) is 18.4. The SMILES string of the molecule is C=C(NCCCCCCCC(C)=O)C(\C=C/C(/C=C\CC)=C/CC)=C(C)C. The van der Waals surface area contributed by atoms with Crippen LogP contribution in [0.4, 0.5) is 0 Å². The van der Waals surface area contributed by atoms with Gasteiger partial charge in [0.1, 0.15) is 5.78 Å². The van der Waals surface area contributed by atoms with Gasteiger partial charge < -0.3 is 10.1 Å². The van der Waals surface area contributed by atoms with Crippen LogP contribution < -0.4 is 5.32 Å². The third kappa shape index (κ3) is 14.0. The van der Waals surface area contributed by atoms with Crippen molar-refractivity contribution in [2.45, 2.75) is 86.0 Å². The Hall–Kier alpha value is -1.83. The molecule has 0 spiro atoms. The van der Waals surface area contributed by atoms with E-state index in [1.807, 2.05) is 0 Å². The fourth-order valence-corrected chi connectivity index (χ4v) is 2.79. The molecular weight excluding hydrogens is 330 g/mol. The van der Waals surface area contributed by atoms with Crippen LogP contribution >= 0.6 is 0 Å². The molecule has 0 heterocycles. The molecule has 0 aliphatic carbocycles. The van der Waals surface area contributed by atoms with Crippen LogP contribution in [0.2, 0.25) is 0 Å². The average Bonchev–Trinajstić information content (AvgIpc) is 2.61. The molecule has 0 aromatic rings. The minimum atomic E-state index is 0.303. The van der Waals surface area contributed by atoms with Crippen LogP contribution in [-0.2, 0) is 4.79 Å². The Kier molecular flexibility index (Phi) is 15.2. The van der Waals surface area contributed by atoms with E-state index in [0.717, 1.165) is 50.8 Å². The lowest BCUT2D eigenvalue weighted by Crippen LogP contribution is -2.15. The van der Waals surface area contributed by atoms with Gasteiger partial charge in [-0.2, -0.15) is 0 Å². The Morgan fingerprint density at radius 3 is 2.15 bits per heavy atom. The van der Waals surface area contributed by atoms with Crippen LogP contribution in [0.5, 0.6) is 0 Å². The van der Waals surface area contributed by atoms with Crippen molar-refractivity contribution in [2.75, 3.05) is 6.54 Å². The Labute approximate surface area is 168 Å². The van der Waals surface area contributed by atoms with Crippen molar-refractivity contribution in [3.8, 4) is 0 Å². The number of rotatable bonds is 15. The Morgan fingerprint density at radius 2 is 1.56 bits per heavy atom. The third-order valence-corrected chi connectivity index (χ3v) is 4.34. The fourth-order valence-electron chi connectivity index (χ4n) is 2.79. The predicted molar refractivity (Wildman–Crippen MR) is 121 cm³/mol. The number of nitrogens with one attached hydrogen (secondary N) is 1. The number of ketones is 1. The molecule has 27 heavy (non-hydrogen) atoms. The van der Waals surface area contributed by atoms with Gasteiger partial charge in [-0.1, -0.05) is 75.6 Å². The highest BCUT2D eigenvalue weighted by Gasteiger charge is 2.02. The van der Waals surface area contributed by atoms with Crippen molar-refractivity contribution in [1.29, 1.82) is 0 Å². The molecule has 2 heteroatoms. The number of carbonyl (C=O) groups excluding carboxylic acids is 1. The van der Waals surface area contributed by atoms with Crippen LogP contribution in [-0.4, -0.2) is 12.3 Å². The zero-order valence-corrected chi connectivity index (χ0v) is 18.4. The van der Waals surface area contributed by atoms with E-state index < -0.39 is 0 Å². The molecule has 0 aromatic heterocycles. The minimum Gasteiger partial charge on any atom is -0.385 e. The molecule has 0 unspecified atom stereocenters. The number of unbranched alkanes of at least 4 members (excludes halogenated alkanes) is 4. The van der Waals surface area contributed by atoms with E-state index in [9.17, 15) is 4.79 Å². The minimum absolute atomic E-state index is 0.303. The normalized spacial score (nSPS) is 12.0. The first-order valence-corrected chi connectivity index (χ1v) is 10.6. The highest BCUT2D eigenvalue weighted by Crippen LogP contribution is 2.15. The molecule has 0 amide bonds. The van der Waals surface area contributed by atoms with Crippen molar-refractivity contribution >= 4 is 5.78 Å². The van der Waals surface area contributed by atoms with Gasteiger partial charge in [0.15, 0.2) is 0 Å². The van der Waals surface area contributed by atoms with Crippen LogP contribution in [0.25, 0.3) is 0 Å². The highest BCUT2D eigenvalue weighted by atomic mass is 16.1. The molecule has 152 valence electrons. The fraction of sp³-hybridized carbons (Fsp3) is 0.560. The second-order valence-electron chi connectivity index (χ2n) is 7.30. The molecule has 0 saturated carbocycles. The van der Waals surface area contributed by atoms with E-state index >= 15 is 0 Å². The molecule has 0 aromatic carbocycles. The first-order chi connectivity index (χ1) is 12.9. The van der Waals surface area contributed by atoms with Gasteiger partial charge in [0, 0.05) is 18.7 Å². The molecule has 1 N–H and O–H groups in total. The van der Waals surface area contributed by atoms with E-state index in [4.69, 9.17) is 0 Å². The summed E-state index contributed by atoms with van der Waals surface area (Å²) in [6, 6.07) is 0. The van der Waals surface area contributed by atoms with E-state index in [1.165, 1.54) is 29.6 Å². The van der Waals surface area contributed by atoms with Gasteiger partial charge in [0.2, 0.25) is 0 Å². The van der Waals surface area contributed by atoms with Gasteiger partial charge in [0.05, 0.1) is 0 Å². The average molecular weight is 372 g/mol. The summed E-state index contributed by atoms with van der Waals surface area (Å²) >= 11 is 0. The van der Waals surface area contributed by atoms with Crippen LogP contribution in [0.1, 0.15) is 86.0 Å². The summed E-state index contributed by atoms with van der Waals surface area (Å²) in [6.07, 6.45) is 19.5. The molecule has 0 fully saturated rings. The Bertz CT molecular complexity index is 557. The van der Waals surface area contributed by atoms with Crippen molar-refractivity contribution in [3.05, 3.63) is 59.4 Å². The topological polar surface area (TPSA) is 29.1 Å². The smallest absolute Gasteiger partial charge is 0.129 e. The summed E-state index contributed by atoms with van der Waals surface area (Å²) in [7, 11) is 0. The summed E-state index contributed by atoms with van der Waals surface area (Å²) in [6.45, 7) is 15.4. The summed E-state index contributed by atoms with van der Waals surface area (Å²) in [5.74, 6) is 0.303. The maximum atomic E-state index is 10.9. The molecule has 0 bridgehead atoms. The van der Waals surface area contributed by atoms with Crippen LogP contribution in [0.3, 0.4) is 0 Å². The molecule has 0 atom stereocenters. The first-order valence-electron chi connectivity index (χ1n) is 10.6. The lowest BCUT2D eigenvalue weighted by Gasteiger charge is -2.13. The number of allylic oxidation sites excluding steroid dienone is 7. The largest absolute Gasteiger partial charge is 0.385 e. The van der Waals surface area contributed by atoms with Crippen molar-refractivity contribution < 1.29 is 4.79 Å².